The first-order chi connectivity index (χ1) is 18.8. The van der Waals surface area contributed by atoms with Crippen molar-refractivity contribution in [2.45, 2.75) is 38.6 Å². The van der Waals surface area contributed by atoms with Crippen LogP contribution in [-0.4, -0.2) is 64.9 Å². The lowest BCUT2D eigenvalue weighted by Crippen LogP contribution is -2.51. The van der Waals surface area contributed by atoms with E-state index in [1.54, 1.807) is 12.4 Å². The Labute approximate surface area is 227 Å². The van der Waals surface area contributed by atoms with Gasteiger partial charge < -0.3 is 14.2 Å². The zero-order valence-corrected chi connectivity index (χ0v) is 22.6. The molecule has 2 saturated heterocycles. The van der Waals surface area contributed by atoms with Gasteiger partial charge in [-0.2, -0.15) is 0 Å². The van der Waals surface area contributed by atoms with Crippen molar-refractivity contribution in [3.8, 4) is 11.4 Å². The number of aromatic nitrogens is 3. The van der Waals surface area contributed by atoms with Gasteiger partial charge in [0, 0.05) is 36.7 Å². The van der Waals surface area contributed by atoms with Crippen LogP contribution in [0.25, 0.3) is 11.8 Å². The maximum absolute atomic E-state index is 13.7. The molecule has 0 N–H and O–H groups in total. The van der Waals surface area contributed by atoms with Crippen LogP contribution in [-0.2, 0) is 16.3 Å². The fourth-order valence-corrected chi connectivity index (χ4v) is 8.86. The first-order valence-corrected chi connectivity index (χ1v) is 15.2. The quantitative estimate of drug-likeness (QED) is 0.491. The number of benzene rings is 1. The summed E-state index contributed by atoms with van der Waals surface area (Å²) in [6.07, 6.45) is 10.1. The number of halogens is 1. The molecule has 202 valence electrons. The number of aryl methyl sites for hydroxylation is 1. The van der Waals surface area contributed by atoms with Gasteiger partial charge >= 0.3 is 0 Å². The van der Waals surface area contributed by atoms with Crippen LogP contribution in [0.1, 0.15) is 47.8 Å². The van der Waals surface area contributed by atoms with Gasteiger partial charge in [0.05, 0.1) is 53.8 Å². The molecule has 0 amide bonds. The summed E-state index contributed by atoms with van der Waals surface area (Å²) in [6, 6.07) is 7.27. The van der Waals surface area contributed by atoms with Crippen molar-refractivity contribution in [3.05, 3.63) is 76.9 Å². The van der Waals surface area contributed by atoms with E-state index in [4.69, 9.17) is 9.73 Å². The highest BCUT2D eigenvalue weighted by atomic mass is 32.2. The maximum atomic E-state index is 13.7. The minimum Gasteiger partial charge on any atom is -0.491 e. The van der Waals surface area contributed by atoms with Crippen molar-refractivity contribution >= 4 is 21.7 Å². The molecule has 0 bridgehead atoms. The van der Waals surface area contributed by atoms with Gasteiger partial charge in [-0.1, -0.05) is 6.07 Å². The highest BCUT2D eigenvalue weighted by Crippen LogP contribution is 2.47. The number of sulfone groups is 1. The van der Waals surface area contributed by atoms with E-state index in [1.807, 2.05) is 17.7 Å². The summed E-state index contributed by atoms with van der Waals surface area (Å²) in [5.74, 6) is 1.78. The SMILES string of the molecule is Cc1cn(-c2ccc(/C=C3\CC4(CCS(=O)(=O)C4)CN4C3=NCCC4c3ccc(F)cn3)c3c2OCC3)cn1. The smallest absolute Gasteiger partial charge is 0.150 e. The molecule has 6 heterocycles. The average molecular weight is 548 g/mol. The Morgan fingerprint density at radius 3 is 2.85 bits per heavy atom. The third-order valence-corrected chi connectivity index (χ3v) is 10.3. The highest BCUT2D eigenvalue weighted by Gasteiger charge is 2.49. The first-order valence-electron chi connectivity index (χ1n) is 13.4. The Morgan fingerprint density at radius 2 is 2.10 bits per heavy atom. The predicted molar refractivity (Wildman–Crippen MR) is 146 cm³/mol. The number of piperidine rings is 1. The summed E-state index contributed by atoms with van der Waals surface area (Å²) >= 11 is 0. The third kappa shape index (κ3) is 4.34. The first kappa shape index (κ1) is 24.5. The van der Waals surface area contributed by atoms with Crippen molar-refractivity contribution in [1.82, 2.24) is 19.4 Å². The molecule has 4 aliphatic rings. The molecule has 3 aromatic rings. The van der Waals surface area contributed by atoms with Crippen LogP contribution in [0.4, 0.5) is 4.39 Å². The van der Waals surface area contributed by atoms with Crippen LogP contribution in [0.15, 0.2) is 53.6 Å². The number of nitrogens with zero attached hydrogens (tertiary/aromatic N) is 5. The summed E-state index contributed by atoms with van der Waals surface area (Å²) < 4.78 is 47.2. The van der Waals surface area contributed by atoms with Gasteiger partial charge in [-0.25, -0.2) is 17.8 Å². The fraction of sp³-hybridized carbons (Fsp3) is 0.414. The second-order valence-electron chi connectivity index (χ2n) is 11.2. The molecule has 8 nitrogen and oxygen atoms in total. The molecule has 7 rings (SSSR count). The van der Waals surface area contributed by atoms with E-state index < -0.39 is 9.84 Å². The number of aliphatic imine (C=N–C) groups is 1. The summed E-state index contributed by atoms with van der Waals surface area (Å²) in [5.41, 5.74) is 5.57. The molecule has 10 heteroatoms. The van der Waals surface area contributed by atoms with Crippen LogP contribution in [0, 0.1) is 18.2 Å². The molecule has 4 aliphatic heterocycles. The Bertz CT molecular complexity index is 1630. The van der Waals surface area contributed by atoms with E-state index in [0.29, 0.717) is 32.5 Å². The van der Waals surface area contributed by atoms with E-state index in [-0.39, 0.29) is 28.8 Å². The normalized spacial score (nSPS) is 26.4. The number of imidazole rings is 1. The number of amidine groups is 1. The number of rotatable bonds is 3. The van der Waals surface area contributed by atoms with E-state index in [1.165, 1.54) is 12.3 Å². The largest absolute Gasteiger partial charge is 0.491 e. The maximum Gasteiger partial charge on any atom is 0.150 e. The van der Waals surface area contributed by atoms with Gasteiger partial charge in [-0.05, 0) is 61.6 Å². The summed E-state index contributed by atoms with van der Waals surface area (Å²) in [5, 5.41) is 0. The van der Waals surface area contributed by atoms with Crippen molar-refractivity contribution in [1.29, 1.82) is 0 Å². The number of ether oxygens (including phenoxy) is 1. The lowest BCUT2D eigenvalue weighted by Gasteiger charge is -2.48. The second kappa shape index (κ2) is 9.01. The fourth-order valence-electron chi connectivity index (χ4n) is 6.70. The van der Waals surface area contributed by atoms with Crippen LogP contribution >= 0.6 is 0 Å². The molecule has 39 heavy (non-hydrogen) atoms. The van der Waals surface area contributed by atoms with E-state index in [2.05, 4.69) is 33.1 Å². The Hall–Kier alpha value is -3.53. The number of fused-ring (bicyclic) bond motifs is 2. The van der Waals surface area contributed by atoms with Crippen LogP contribution < -0.4 is 4.74 Å². The van der Waals surface area contributed by atoms with E-state index in [0.717, 1.165) is 58.2 Å². The molecule has 2 aromatic heterocycles. The molecule has 0 aliphatic carbocycles. The van der Waals surface area contributed by atoms with Crippen LogP contribution in [0.5, 0.6) is 5.75 Å². The molecular formula is C29H30FN5O3S. The molecule has 2 fully saturated rings. The van der Waals surface area contributed by atoms with Gasteiger partial charge in [0.15, 0.2) is 9.84 Å². The molecule has 1 aromatic carbocycles. The highest BCUT2D eigenvalue weighted by molar-refractivity contribution is 7.91. The standard InChI is InChI=1S/C29H30FN5O3S/c1-19-15-34(18-33-19)26-5-2-20(23-7-10-38-27(23)26)12-21-13-29(8-11-39(36,37)17-29)16-35-25(6-9-31-28(21)35)24-4-3-22(30)14-32-24/h2-5,12,14-15,18,25H,6-11,13,16-17H2,1H3/b21-12+. The summed E-state index contributed by atoms with van der Waals surface area (Å²) in [6.45, 7) is 3.82. The minimum atomic E-state index is -3.11. The molecular weight excluding hydrogens is 517 g/mol. The van der Waals surface area contributed by atoms with Crippen molar-refractivity contribution in [3.63, 3.8) is 0 Å². The van der Waals surface area contributed by atoms with E-state index in [9.17, 15) is 12.8 Å². The Balaban J connectivity index is 1.32. The zero-order valence-electron chi connectivity index (χ0n) is 21.8. The van der Waals surface area contributed by atoms with Gasteiger partial charge in [0.1, 0.15) is 17.4 Å². The molecule has 0 saturated carbocycles. The van der Waals surface area contributed by atoms with Crippen molar-refractivity contribution in [2.75, 3.05) is 31.2 Å². The number of hydrogen-bond donors (Lipinski definition) is 0. The Morgan fingerprint density at radius 1 is 1.21 bits per heavy atom. The van der Waals surface area contributed by atoms with Gasteiger partial charge in [-0.15, -0.1) is 0 Å². The van der Waals surface area contributed by atoms with Crippen molar-refractivity contribution < 1.29 is 17.5 Å². The molecule has 0 radical (unpaired) electrons. The average Bonchev–Trinajstić information content (AvgIpc) is 3.64. The van der Waals surface area contributed by atoms with Crippen LogP contribution in [0.3, 0.4) is 0 Å². The van der Waals surface area contributed by atoms with Crippen molar-refractivity contribution in [2.24, 2.45) is 10.4 Å². The minimum absolute atomic E-state index is 0.0807. The lowest BCUT2D eigenvalue weighted by molar-refractivity contribution is 0.163. The van der Waals surface area contributed by atoms with Crippen LogP contribution in [0.2, 0.25) is 0 Å². The monoisotopic (exact) mass is 547 g/mol. The zero-order chi connectivity index (χ0) is 26.8. The second-order valence-corrected chi connectivity index (χ2v) is 13.4. The number of pyridine rings is 1. The predicted octanol–water partition coefficient (Wildman–Crippen LogP) is 4.09. The third-order valence-electron chi connectivity index (χ3n) is 8.43. The molecule has 2 atom stereocenters. The van der Waals surface area contributed by atoms with Gasteiger partial charge in [-0.3, -0.25) is 9.98 Å². The van der Waals surface area contributed by atoms with Gasteiger partial charge in [0.2, 0.25) is 0 Å². The molecule has 2 unspecified atom stereocenters. The molecule has 1 spiro atoms. The summed E-state index contributed by atoms with van der Waals surface area (Å²) in [4.78, 5) is 16.0. The van der Waals surface area contributed by atoms with E-state index >= 15 is 0 Å². The Kier molecular flexibility index (Phi) is 5.66. The summed E-state index contributed by atoms with van der Waals surface area (Å²) in [7, 11) is -3.11. The topological polar surface area (TPSA) is 89.7 Å². The lowest BCUT2D eigenvalue weighted by atomic mass is 9.75. The van der Waals surface area contributed by atoms with Gasteiger partial charge in [0.25, 0.3) is 0 Å². The number of hydrogen-bond acceptors (Lipinski definition) is 7.